The van der Waals surface area contributed by atoms with Gasteiger partial charge in [0, 0.05) is 25.4 Å². The zero-order valence-corrected chi connectivity index (χ0v) is 22.4. The zero-order chi connectivity index (χ0) is 27.3. The van der Waals surface area contributed by atoms with Gasteiger partial charge in [0.05, 0.1) is 13.7 Å². The van der Waals surface area contributed by atoms with E-state index in [0.717, 1.165) is 23.3 Å². The first-order valence-corrected chi connectivity index (χ1v) is 13.0. The van der Waals surface area contributed by atoms with Gasteiger partial charge in [0.25, 0.3) is 0 Å². The number of hydrogen-bond donors (Lipinski definition) is 1. The second-order valence-electron chi connectivity index (χ2n) is 9.30. The SMILES string of the molecule is CC[C@H](C)NC(=O)[C@H](Cc1ccccc1)N(Cc1ccc(F)cc1)C(=O)CCCOc1ccc(OC)cc1. The van der Waals surface area contributed by atoms with Gasteiger partial charge in [-0.05, 0) is 67.3 Å². The third-order valence-electron chi connectivity index (χ3n) is 6.40. The first kappa shape index (κ1) is 28.7. The smallest absolute Gasteiger partial charge is 0.243 e. The van der Waals surface area contributed by atoms with Crippen molar-refractivity contribution in [2.24, 2.45) is 0 Å². The molecule has 0 aliphatic heterocycles. The second-order valence-corrected chi connectivity index (χ2v) is 9.30. The molecule has 0 unspecified atom stereocenters. The van der Waals surface area contributed by atoms with Crippen molar-refractivity contribution in [2.45, 2.75) is 58.2 Å². The van der Waals surface area contributed by atoms with Gasteiger partial charge in [-0.3, -0.25) is 9.59 Å². The third-order valence-corrected chi connectivity index (χ3v) is 6.40. The van der Waals surface area contributed by atoms with Gasteiger partial charge in [-0.15, -0.1) is 0 Å². The average molecular weight is 521 g/mol. The molecular weight excluding hydrogens is 483 g/mol. The maximum atomic E-state index is 13.6. The van der Waals surface area contributed by atoms with E-state index in [9.17, 15) is 14.0 Å². The number of carbonyl (C=O) groups excluding carboxylic acids is 2. The molecule has 0 aliphatic rings. The summed E-state index contributed by atoms with van der Waals surface area (Å²) in [6, 6.07) is 22.2. The molecule has 0 heterocycles. The Hall–Kier alpha value is -3.87. The standard InChI is InChI=1S/C31H37FN2O4/c1-4-23(2)33-31(36)29(21-24-9-6-5-7-10-24)34(22-25-12-14-26(32)15-13-25)30(35)11-8-20-38-28-18-16-27(37-3)17-19-28/h5-7,9-10,12-19,23,29H,4,8,11,20-22H2,1-3H3,(H,33,36)/t23-,29-/m0/s1. The predicted octanol–water partition coefficient (Wildman–Crippen LogP) is 5.55. The van der Waals surface area contributed by atoms with Crippen molar-refractivity contribution >= 4 is 11.8 Å². The van der Waals surface area contributed by atoms with Gasteiger partial charge >= 0.3 is 0 Å². The fraction of sp³-hybridized carbons (Fsp3) is 0.355. The number of rotatable bonds is 14. The molecule has 0 saturated carbocycles. The lowest BCUT2D eigenvalue weighted by Crippen LogP contribution is -2.52. The maximum absolute atomic E-state index is 13.6. The summed E-state index contributed by atoms with van der Waals surface area (Å²) in [4.78, 5) is 28.7. The van der Waals surface area contributed by atoms with E-state index in [0.29, 0.717) is 25.2 Å². The molecule has 0 fully saturated rings. The lowest BCUT2D eigenvalue weighted by molar-refractivity contribution is -0.141. The van der Waals surface area contributed by atoms with Crippen LogP contribution >= 0.6 is 0 Å². The van der Waals surface area contributed by atoms with Crippen LogP contribution in [0.15, 0.2) is 78.9 Å². The first-order chi connectivity index (χ1) is 18.4. The quantitative estimate of drug-likeness (QED) is 0.283. The lowest BCUT2D eigenvalue weighted by atomic mass is 10.0. The van der Waals surface area contributed by atoms with E-state index in [-0.39, 0.29) is 36.6 Å². The molecule has 2 atom stereocenters. The molecule has 0 radical (unpaired) electrons. The minimum atomic E-state index is -0.716. The predicted molar refractivity (Wildman–Crippen MR) is 147 cm³/mol. The summed E-state index contributed by atoms with van der Waals surface area (Å²) in [5.74, 6) is 0.721. The number of methoxy groups -OCH3 is 1. The van der Waals surface area contributed by atoms with Gasteiger partial charge in [-0.2, -0.15) is 0 Å². The van der Waals surface area contributed by atoms with Crippen molar-refractivity contribution in [1.29, 1.82) is 0 Å². The van der Waals surface area contributed by atoms with Crippen molar-refractivity contribution in [1.82, 2.24) is 10.2 Å². The molecule has 0 bridgehead atoms. The summed E-state index contributed by atoms with van der Waals surface area (Å²) in [5.41, 5.74) is 1.71. The number of halogens is 1. The summed E-state index contributed by atoms with van der Waals surface area (Å²) in [6.07, 6.45) is 1.84. The maximum Gasteiger partial charge on any atom is 0.243 e. The topological polar surface area (TPSA) is 67.9 Å². The number of amides is 2. The number of ether oxygens (including phenoxy) is 2. The van der Waals surface area contributed by atoms with E-state index in [4.69, 9.17) is 9.47 Å². The Morgan fingerprint density at radius 3 is 2.21 bits per heavy atom. The summed E-state index contributed by atoms with van der Waals surface area (Å²) in [6.45, 7) is 4.50. The Morgan fingerprint density at radius 1 is 0.921 bits per heavy atom. The van der Waals surface area contributed by atoms with Crippen molar-refractivity contribution < 1.29 is 23.5 Å². The van der Waals surface area contributed by atoms with Crippen LogP contribution in [0, 0.1) is 5.82 Å². The van der Waals surface area contributed by atoms with Crippen molar-refractivity contribution in [3.63, 3.8) is 0 Å². The molecule has 202 valence electrons. The van der Waals surface area contributed by atoms with E-state index in [1.54, 1.807) is 24.1 Å². The van der Waals surface area contributed by atoms with Crippen LogP contribution in [0.2, 0.25) is 0 Å². The highest BCUT2D eigenvalue weighted by Crippen LogP contribution is 2.19. The van der Waals surface area contributed by atoms with Crippen LogP contribution in [0.4, 0.5) is 4.39 Å². The first-order valence-electron chi connectivity index (χ1n) is 13.0. The number of nitrogens with zero attached hydrogens (tertiary/aromatic N) is 1. The minimum Gasteiger partial charge on any atom is -0.497 e. The fourth-order valence-electron chi connectivity index (χ4n) is 4.01. The van der Waals surface area contributed by atoms with Crippen LogP contribution in [0.3, 0.4) is 0 Å². The van der Waals surface area contributed by atoms with Crippen LogP contribution < -0.4 is 14.8 Å². The fourth-order valence-corrected chi connectivity index (χ4v) is 4.01. The summed E-state index contributed by atoms with van der Waals surface area (Å²) in [7, 11) is 1.60. The van der Waals surface area contributed by atoms with Crippen LogP contribution in [0.25, 0.3) is 0 Å². The Bertz CT molecular complexity index is 1140. The van der Waals surface area contributed by atoms with E-state index in [1.165, 1.54) is 12.1 Å². The molecule has 38 heavy (non-hydrogen) atoms. The molecule has 0 aliphatic carbocycles. The van der Waals surface area contributed by atoms with E-state index in [1.807, 2.05) is 68.4 Å². The van der Waals surface area contributed by atoms with Crippen LogP contribution in [0.5, 0.6) is 11.5 Å². The third kappa shape index (κ3) is 8.91. The van der Waals surface area contributed by atoms with E-state index >= 15 is 0 Å². The molecule has 0 saturated heterocycles. The average Bonchev–Trinajstić information content (AvgIpc) is 2.94. The number of nitrogens with one attached hydrogen (secondary N) is 1. The Morgan fingerprint density at radius 2 is 1.58 bits per heavy atom. The molecule has 3 aromatic rings. The van der Waals surface area contributed by atoms with Gasteiger partial charge < -0.3 is 19.7 Å². The summed E-state index contributed by atoms with van der Waals surface area (Å²) >= 11 is 0. The Kier molecular flexibility index (Phi) is 11.1. The van der Waals surface area contributed by atoms with Crippen molar-refractivity contribution in [3.8, 4) is 11.5 Å². The highest BCUT2D eigenvalue weighted by Gasteiger charge is 2.30. The van der Waals surface area contributed by atoms with Gasteiger partial charge in [0.2, 0.25) is 11.8 Å². The monoisotopic (exact) mass is 520 g/mol. The molecule has 3 rings (SSSR count). The molecular formula is C31H37FN2O4. The highest BCUT2D eigenvalue weighted by molar-refractivity contribution is 5.88. The number of carbonyl (C=O) groups is 2. The van der Waals surface area contributed by atoms with Crippen molar-refractivity contribution in [3.05, 3.63) is 95.8 Å². The second kappa shape index (κ2) is 14.8. The van der Waals surface area contributed by atoms with Gasteiger partial charge in [-0.25, -0.2) is 4.39 Å². The molecule has 3 aromatic carbocycles. The summed E-state index contributed by atoms with van der Waals surface area (Å²) in [5, 5.41) is 3.05. The van der Waals surface area contributed by atoms with E-state index in [2.05, 4.69) is 5.32 Å². The molecule has 7 heteroatoms. The zero-order valence-electron chi connectivity index (χ0n) is 22.4. The van der Waals surface area contributed by atoms with Gasteiger partial charge in [-0.1, -0.05) is 49.4 Å². The normalized spacial score (nSPS) is 12.3. The molecule has 0 aromatic heterocycles. The van der Waals surface area contributed by atoms with Gasteiger partial charge in [0.15, 0.2) is 0 Å². The number of hydrogen-bond acceptors (Lipinski definition) is 4. The van der Waals surface area contributed by atoms with Crippen LogP contribution in [-0.2, 0) is 22.6 Å². The Labute approximate surface area is 224 Å². The summed E-state index contributed by atoms with van der Waals surface area (Å²) < 4.78 is 24.5. The van der Waals surface area contributed by atoms with Crippen LogP contribution in [-0.4, -0.2) is 42.5 Å². The molecule has 2 amide bonds. The molecule has 0 spiro atoms. The minimum absolute atomic E-state index is 0.0264. The van der Waals surface area contributed by atoms with E-state index < -0.39 is 6.04 Å². The molecule has 1 N–H and O–H groups in total. The van der Waals surface area contributed by atoms with Crippen LogP contribution in [0.1, 0.15) is 44.2 Å². The van der Waals surface area contributed by atoms with Gasteiger partial charge in [0.1, 0.15) is 23.4 Å². The molecule has 6 nitrogen and oxygen atoms in total. The largest absolute Gasteiger partial charge is 0.497 e. The number of benzene rings is 3. The van der Waals surface area contributed by atoms with Crippen molar-refractivity contribution in [2.75, 3.05) is 13.7 Å². The lowest BCUT2D eigenvalue weighted by Gasteiger charge is -2.32. The highest BCUT2D eigenvalue weighted by atomic mass is 19.1. The Balaban J connectivity index is 1.77.